The van der Waals surface area contributed by atoms with Crippen LogP contribution in [0.15, 0.2) is 57.4 Å². The molecule has 0 radical (unpaired) electrons. The highest BCUT2D eigenvalue weighted by molar-refractivity contribution is 9.10. The summed E-state index contributed by atoms with van der Waals surface area (Å²) in [6, 6.07) is 15.9. The molecule has 1 aromatic heterocycles. The van der Waals surface area contributed by atoms with E-state index >= 15 is 0 Å². The van der Waals surface area contributed by atoms with Crippen molar-refractivity contribution < 1.29 is 21.4 Å². The predicted molar refractivity (Wildman–Crippen MR) is 83.4 cm³/mol. The van der Waals surface area contributed by atoms with E-state index in [1.54, 1.807) is 0 Å². The Balaban J connectivity index is 0.00000132. The minimum absolute atomic E-state index is 0. The lowest BCUT2D eigenvalue weighted by Crippen LogP contribution is -3.00. The van der Waals surface area contributed by atoms with Crippen LogP contribution in [0.25, 0.3) is 11.0 Å². The van der Waals surface area contributed by atoms with Gasteiger partial charge >= 0.3 is 0 Å². The molecule has 0 unspecified atom stereocenters. The lowest BCUT2D eigenvalue weighted by Gasteiger charge is -2.17. The van der Waals surface area contributed by atoms with Gasteiger partial charge in [0, 0.05) is 21.1 Å². The fourth-order valence-corrected chi connectivity index (χ4v) is 2.91. The molecule has 1 N–H and O–H groups in total. The Morgan fingerprint density at radius 2 is 1.76 bits per heavy atom. The van der Waals surface area contributed by atoms with Crippen LogP contribution < -0.4 is 21.9 Å². The number of rotatable bonds is 1. The Morgan fingerprint density at radius 3 is 2.52 bits per heavy atom. The molecule has 106 valence electrons. The largest absolute Gasteiger partial charge is 1.00 e. The topological polar surface area (TPSA) is 40.2 Å². The van der Waals surface area contributed by atoms with Gasteiger partial charge in [-0.2, -0.15) is 0 Å². The Kier molecular flexibility index (Phi) is 3.63. The quantitative estimate of drug-likeness (QED) is 0.666. The van der Waals surface area contributed by atoms with Crippen molar-refractivity contribution in [2.75, 3.05) is 4.90 Å². The zero-order chi connectivity index (χ0) is 13.7. The van der Waals surface area contributed by atoms with Gasteiger partial charge in [0.2, 0.25) is 0 Å². The number of furan rings is 1. The number of para-hydroxylation sites is 1. The maximum absolute atomic E-state index is 8.33. The number of halogens is 2. The van der Waals surface area contributed by atoms with Crippen LogP contribution in [0, 0.1) is 5.41 Å². The van der Waals surface area contributed by atoms with Crippen LogP contribution in [-0.2, 0) is 6.54 Å². The van der Waals surface area contributed by atoms with Gasteiger partial charge in [0.1, 0.15) is 5.58 Å². The first-order valence-corrected chi connectivity index (χ1v) is 7.16. The Labute approximate surface area is 141 Å². The zero-order valence-corrected chi connectivity index (χ0v) is 14.1. The summed E-state index contributed by atoms with van der Waals surface area (Å²) in [7, 11) is 0. The third kappa shape index (κ3) is 2.21. The second kappa shape index (κ2) is 5.31. The molecule has 0 aliphatic carbocycles. The maximum atomic E-state index is 8.33. The summed E-state index contributed by atoms with van der Waals surface area (Å²) in [5.74, 6) is 1.12. The van der Waals surface area contributed by atoms with Crippen LogP contribution in [0.3, 0.4) is 0 Å². The molecular weight excluding hydrogens is 396 g/mol. The van der Waals surface area contributed by atoms with Crippen molar-refractivity contribution >= 4 is 38.4 Å². The number of amidine groups is 1. The number of nitrogens with zero attached hydrogens (tertiary/aromatic N) is 1. The van der Waals surface area contributed by atoms with Crippen molar-refractivity contribution in [1.29, 1.82) is 5.41 Å². The van der Waals surface area contributed by atoms with Gasteiger partial charge in [0.05, 0.1) is 6.54 Å². The van der Waals surface area contributed by atoms with E-state index in [1.807, 2.05) is 47.4 Å². The summed E-state index contributed by atoms with van der Waals surface area (Å²) in [6.45, 7) is 0.687. The van der Waals surface area contributed by atoms with Crippen molar-refractivity contribution in [2.24, 2.45) is 0 Å². The Morgan fingerprint density at radius 1 is 1.05 bits per heavy atom. The molecule has 1 aliphatic heterocycles. The van der Waals surface area contributed by atoms with E-state index in [0.717, 1.165) is 26.7 Å². The second-order valence-corrected chi connectivity index (χ2v) is 5.73. The van der Waals surface area contributed by atoms with Gasteiger partial charge in [0.15, 0.2) is 11.6 Å². The van der Waals surface area contributed by atoms with Crippen LogP contribution in [0.5, 0.6) is 0 Å². The standard InChI is InChI=1S/C16H11BrN2O.BrH/c17-10-5-7-11(8-6-10)19-9-13-12-3-1-2-4-14(12)20-15(13)16(19)18;/h1-8,18H,9H2;1H/p-1. The third-order valence-corrected chi connectivity index (χ3v) is 4.17. The molecule has 1 aliphatic rings. The van der Waals surface area contributed by atoms with E-state index in [2.05, 4.69) is 22.0 Å². The van der Waals surface area contributed by atoms with E-state index in [-0.39, 0.29) is 17.0 Å². The highest BCUT2D eigenvalue weighted by Gasteiger charge is 2.31. The number of fused-ring (bicyclic) bond motifs is 3. The lowest BCUT2D eigenvalue weighted by molar-refractivity contribution is -0.00000440. The molecule has 0 saturated heterocycles. The first kappa shape index (κ1) is 14.4. The summed E-state index contributed by atoms with van der Waals surface area (Å²) in [5.41, 5.74) is 2.97. The third-order valence-electron chi connectivity index (χ3n) is 3.64. The first-order chi connectivity index (χ1) is 9.74. The fraction of sp³-hybridized carbons (Fsp3) is 0.0625. The van der Waals surface area contributed by atoms with Crippen LogP contribution in [0.2, 0.25) is 0 Å². The SMILES string of the molecule is N=C1c2oc3ccccc3c2CN1c1ccc(Br)cc1.[Br-]. The van der Waals surface area contributed by atoms with Crippen molar-refractivity contribution in [1.82, 2.24) is 0 Å². The van der Waals surface area contributed by atoms with Gasteiger partial charge in [-0.3, -0.25) is 5.41 Å². The number of hydrogen-bond donors (Lipinski definition) is 1. The molecule has 2 heterocycles. The zero-order valence-electron chi connectivity index (χ0n) is 10.9. The summed E-state index contributed by atoms with van der Waals surface area (Å²) >= 11 is 3.43. The van der Waals surface area contributed by atoms with Crippen molar-refractivity contribution in [2.45, 2.75) is 6.54 Å². The molecule has 5 heteroatoms. The minimum Gasteiger partial charge on any atom is -1.00 e. The predicted octanol–water partition coefficient (Wildman–Crippen LogP) is 1.54. The average molecular weight is 407 g/mol. The van der Waals surface area contributed by atoms with E-state index in [4.69, 9.17) is 9.83 Å². The first-order valence-electron chi connectivity index (χ1n) is 6.36. The number of hydrogen-bond acceptors (Lipinski definition) is 2. The number of benzene rings is 2. The fourth-order valence-electron chi connectivity index (χ4n) is 2.65. The second-order valence-electron chi connectivity index (χ2n) is 4.82. The minimum atomic E-state index is 0. The summed E-state index contributed by atoms with van der Waals surface area (Å²) < 4.78 is 6.86. The van der Waals surface area contributed by atoms with E-state index in [0.29, 0.717) is 18.1 Å². The monoisotopic (exact) mass is 405 g/mol. The maximum Gasteiger partial charge on any atom is 0.175 e. The molecule has 0 spiro atoms. The summed E-state index contributed by atoms with van der Waals surface area (Å²) in [4.78, 5) is 1.97. The molecule has 3 nitrogen and oxygen atoms in total. The Bertz CT molecular complexity index is 824. The van der Waals surface area contributed by atoms with Crippen LogP contribution >= 0.6 is 15.9 Å². The van der Waals surface area contributed by atoms with E-state index < -0.39 is 0 Å². The van der Waals surface area contributed by atoms with Crippen LogP contribution in [0.4, 0.5) is 5.69 Å². The van der Waals surface area contributed by atoms with Crippen LogP contribution in [0.1, 0.15) is 11.3 Å². The van der Waals surface area contributed by atoms with Crippen molar-refractivity contribution in [3.05, 3.63) is 64.3 Å². The van der Waals surface area contributed by atoms with Gasteiger partial charge in [-0.05, 0) is 30.3 Å². The van der Waals surface area contributed by atoms with E-state index in [1.165, 1.54) is 0 Å². The molecule has 4 rings (SSSR count). The number of nitrogens with one attached hydrogen (secondary N) is 1. The molecule has 0 amide bonds. The van der Waals surface area contributed by atoms with E-state index in [9.17, 15) is 0 Å². The number of anilines is 1. The molecule has 2 aromatic carbocycles. The van der Waals surface area contributed by atoms with Crippen molar-refractivity contribution in [3.8, 4) is 0 Å². The van der Waals surface area contributed by atoms with Crippen LogP contribution in [-0.4, -0.2) is 5.84 Å². The molecule has 21 heavy (non-hydrogen) atoms. The lowest BCUT2D eigenvalue weighted by atomic mass is 10.1. The van der Waals surface area contributed by atoms with Gasteiger partial charge < -0.3 is 26.3 Å². The van der Waals surface area contributed by atoms with Gasteiger partial charge in [-0.25, -0.2) is 0 Å². The smallest absolute Gasteiger partial charge is 0.175 e. The highest BCUT2D eigenvalue weighted by Crippen LogP contribution is 2.35. The van der Waals surface area contributed by atoms with Gasteiger partial charge in [0.25, 0.3) is 0 Å². The van der Waals surface area contributed by atoms with Crippen molar-refractivity contribution in [3.63, 3.8) is 0 Å². The molecular formula is C16H11Br2N2O-. The normalized spacial score (nSPS) is 13.4. The summed E-state index contributed by atoms with van der Waals surface area (Å²) in [6.07, 6.45) is 0. The molecule has 0 atom stereocenters. The molecule has 0 fully saturated rings. The average Bonchev–Trinajstić information content (AvgIpc) is 2.98. The molecule has 0 saturated carbocycles. The molecule has 0 bridgehead atoms. The summed E-state index contributed by atoms with van der Waals surface area (Å²) in [5, 5.41) is 9.44. The highest BCUT2D eigenvalue weighted by atomic mass is 79.9. The van der Waals surface area contributed by atoms with Gasteiger partial charge in [-0.1, -0.05) is 34.1 Å². The van der Waals surface area contributed by atoms with Gasteiger partial charge in [-0.15, -0.1) is 0 Å². The Hall–Kier alpha value is -1.59. The molecule has 3 aromatic rings.